The summed E-state index contributed by atoms with van der Waals surface area (Å²) in [5.41, 5.74) is 12.9. The Balaban J connectivity index is 2.91. The Morgan fingerprint density at radius 2 is 2.23 bits per heavy atom. The number of benzene rings is 1. The highest BCUT2D eigenvalue weighted by Gasteiger charge is 2.06. The SMILES string of the molecule is N#CCC(N)c1ccc(N)c(Br)c1. The van der Waals surface area contributed by atoms with Gasteiger partial charge in [0.1, 0.15) is 0 Å². The fraction of sp³-hybridized carbons (Fsp3) is 0.222. The van der Waals surface area contributed by atoms with Crippen LogP contribution in [0.25, 0.3) is 0 Å². The van der Waals surface area contributed by atoms with Crippen molar-refractivity contribution in [1.82, 2.24) is 0 Å². The first-order valence-corrected chi connectivity index (χ1v) is 4.62. The van der Waals surface area contributed by atoms with Gasteiger partial charge < -0.3 is 11.5 Å². The Labute approximate surface area is 85.5 Å². The average molecular weight is 240 g/mol. The number of anilines is 1. The van der Waals surface area contributed by atoms with E-state index in [0.29, 0.717) is 12.1 Å². The lowest BCUT2D eigenvalue weighted by Gasteiger charge is -2.08. The van der Waals surface area contributed by atoms with Crippen molar-refractivity contribution in [1.29, 1.82) is 5.26 Å². The average Bonchev–Trinajstić information content (AvgIpc) is 2.10. The molecule has 0 spiro atoms. The second kappa shape index (κ2) is 4.26. The molecule has 0 saturated carbocycles. The number of nitrogen functional groups attached to an aromatic ring is 1. The van der Waals surface area contributed by atoms with Crippen LogP contribution in [0.1, 0.15) is 18.0 Å². The van der Waals surface area contributed by atoms with Gasteiger partial charge in [0.2, 0.25) is 0 Å². The zero-order chi connectivity index (χ0) is 9.84. The van der Waals surface area contributed by atoms with Gasteiger partial charge in [0.15, 0.2) is 0 Å². The molecular formula is C9H10BrN3. The maximum atomic E-state index is 8.46. The molecule has 0 aliphatic rings. The Hall–Kier alpha value is -1.05. The maximum Gasteiger partial charge on any atom is 0.0641 e. The van der Waals surface area contributed by atoms with E-state index < -0.39 is 0 Å². The normalized spacial score (nSPS) is 12.1. The lowest BCUT2D eigenvalue weighted by molar-refractivity contribution is 0.748. The second-order valence-corrected chi connectivity index (χ2v) is 3.60. The Kier molecular flexibility index (Phi) is 3.29. The van der Waals surface area contributed by atoms with Gasteiger partial charge in [-0.2, -0.15) is 5.26 Å². The molecule has 68 valence electrons. The number of nitriles is 1. The minimum Gasteiger partial charge on any atom is -0.398 e. The van der Waals surface area contributed by atoms with E-state index in [4.69, 9.17) is 16.7 Å². The van der Waals surface area contributed by atoms with Crippen LogP contribution in [0.5, 0.6) is 0 Å². The van der Waals surface area contributed by atoms with Gasteiger partial charge in [-0.15, -0.1) is 0 Å². The van der Waals surface area contributed by atoms with Crippen LogP contribution in [0, 0.1) is 11.3 Å². The first-order valence-electron chi connectivity index (χ1n) is 3.82. The van der Waals surface area contributed by atoms with Crippen LogP contribution in [0.2, 0.25) is 0 Å². The Bertz CT molecular complexity index is 343. The van der Waals surface area contributed by atoms with Crippen LogP contribution in [-0.4, -0.2) is 0 Å². The molecule has 0 heterocycles. The van der Waals surface area contributed by atoms with Gasteiger partial charge in [-0.3, -0.25) is 0 Å². The first-order chi connectivity index (χ1) is 6.15. The molecule has 1 aromatic carbocycles. The molecule has 1 atom stereocenters. The van der Waals surface area contributed by atoms with E-state index in [0.717, 1.165) is 10.0 Å². The first kappa shape index (κ1) is 10.0. The largest absolute Gasteiger partial charge is 0.398 e. The van der Waals surface area contributed by atoms with Crippen LogP contribution in [0.15, 0.2) is 22.7 Å². The quantitative estimate of drug-likeness (QED) is 0.775. The zero-order valence-corrected chi connectivity index (χ0v) is 8.58. The van der Waals surface area contributed by atoms with E-state index in [9.17, 15) is 0 Å². The van der Waals surface area contributed by atoms with Crippen molar-refractivity contribution in [3.05, 3.63) is 28.2 Å². The summed E-state index contributed by atoms with van der Waals surface area (Å²) in [4.78, 5) is 0. The minimum absolute atomic E-state index is 0.234. The molecule has 0 bridgehead atoms. The highest BCUT2D eigenvalue weighted by Crippen LogP contribution is 2.24. The van der Waals surface area contributed by atoms with Gasteiger partial charge in [0.05, 0.1) is 12.5 Å². The molecule has 0 fully saturated rings. The smallest absolute Gasteiger partial charge is 0.0641 e. The van der Waals surface area contributed by atoms with Gasteiger partial charge in [0, 0.05) is 16.2 Å². The number of halogens is 1. The Morgan fingerprint density at radius 3 is 2.77 bits per heavy atom. The fourth-order valence-electron chi connectivity index (χ4n) is 0.990. The van der Waals surface area contributed by atoms with Crippen molar-refractivity contribution in [3.63, 3.8) is 0 Å². The predicted octanol–water partition coefficient (Wildman–Crippen LogP) is 1.94. The van der Waals surface area contributed by atoms with Crippen molar-refractivity contribution >= 4 is 21.6 Å². The van der Waals surface area contributed by atoms with Crippen LogP contribution in [0.4, 0.5) is 5.69 Å². The van der Waals surface area contributed by atoms with Crippen molar-refractivity contribution in [2.24, 2.45) is 5.73 Å². The van der Waals surface area contributed by atoms with Crippen LogP contribution in [0.3, 0.4) is 0 Å². The fourth-order valence-corrected chi connectivity index (χ4v) is 1.39. The molecule has 4 N–H and O–H groups in total. The van der Waals surface area contributed by atoms with Gasteiger partial charge in [-0.1, -0.05) is 6.07 Å². The van der Waals surface area contributed by atoms with Crippen molar-refractivity contribution in [2.75, 3.05) is 5.73 Å². The summed E-state index contributed by atoms with van der Waals surface area (Å²) in [6.45, 7) is 0. The van der Waals surface area contributed by atoms with Gasteiger partial charge in [-0.25, -0.2) is 0 Å². The topological polar surface area (TPSA) is 75.8 Å². The van der Waals surface area contributed by atoms with Gasteiger partial charge in [0.25, 0.3) is 0 Å². The van der Waals surface area contributed by atoms with E-state index in [1.54, 1.807) is 6.07 Å². The monoisotopic (exact) mass is 239 g/mol. The summed E-state index contributed by atoms with van der Waals surface area (Å²) >= 11 is 3.30. The molecular weight excluding hydrogens is 230 g/mol. The molecule has 0 aromatic heterocycles. The third-order valence-electron chi connectivity index (χ3n) is 1.76. The summed E-state index contributed by atoms with van der Waals surface area (Å²) in [5.74, 6) is 0. The molecule has 0 saturated heterocycles. The van der Waals surface area contributed by atoms with Crippen LogP contribution < -0.4 is 11.5 Å². The van der Waals surface area contributed by atoms with E-state index in [1.807, 2.05) is 18.2 Å². The third kappa shape index (κ3) is 2.44. The van der Waals surface area contributed by atoms with Crippen LogP contribution in [-0.2, 0) is 0 Å². The van der Waals surface area contributed by atoms with E-state index in [2.05, 4.69) is 15.9 Å². The molecule has 0 aliphatic heterocycles. The van der Waals surface area contributed by atoms with E-state index in [-0.39, 0.29) is 6.04 Å². The summed E-state index contributed by atoms with van der Waals surface area (Å²) < 4.78 is 0.818. The van der Waals surface area contributed by atoms with Crippen molar-refractivity contribution < 1.29 is 0 Å². The number of rotatable bonds is 2. The molecule has 1 aromatic rings. The predicted molar refractivity (Wildman–Crippen MR) is 55.7 cm³/mol. The number of hydrogen-bond acceptors (Lipinski definition) is 3. The van der Waals surface area contributed by atoms with Crippen molar-refractivity contribution in [2.45, 2.75) is 12.5 Å². The summed E-state index contributed by atoms with van der Waals surface area (Å²) in [6, 6.07) is 7.25. The second-order valence-electron chi connectivity index (χ2n) is 2.75. The molecule has 4 heteroatoms. The van der Waals surface area contributed by atoms with E-state index >= 15 is 0 Å². The lowest BCUT2D eigenvalue weighted by atomic mass is 10.1. The van der Waals surface area contributed by atoms with E-state index in [1.165, 1.54) is 0 Å². The third-order valence-corrected chi connectivity index (χ3v) is 2.45. The molecule has 13 heavy (non-hydrogen) atoms. The van der Waals surface area contributed by atoms with Gasteiger partial charge >= 0.3 is 0 Å². The Morgan fingerprint density at radius 1 is 1.54 bits per heavy atom. The number of nitrogens with two attached hydrogens (primary N) is 2. The molecule has 0 aliphatic carbocycles. The molecule has 0 radical (unpaired) electrons. The minimum atomic E-state index is -0.234. The molecule has 3 nitrogen and oxygen atoms in total. The van der Waals surface area contributed by atoms with Crippen LogP contribution >= 0.6 is 15.9 Å². The number of hydrogen-bond donors (Lipinski definition) is 2. The summed E-state index contributed by atoms with van der Waals surface area (Å²) in [5, 5.41) is 8.46. The summed E-state index contributed by atoms with van der Waals surface area (Å²) in [7, 11) is 0. The van der Waals surface area contributed by atoms with Crippen molar-refractivity contribution in [3.8, 4) is 6.07 Å². The molecule has 0 amide bonds. The van der Waals surface area contributed by atoms with Gasteiger partial charge in [-0.05, 0) is 33.6 Å². The number of nitrogens with zero attached hydrogens (tertiary/aromatic N) is 1. The standard InChI is InChI=1S/C9H10BrN3/c10-7-5-6(1-2-9(7)13)8(12)3-4-11/h1-2,5,8H,3,12-13H2. The summed E-state index contributed by atoms with van der Waals surface area (Å²) in [6.07, 6.45) is 0.316. The maximum absolute atomic E-state index is 8.46. The zero-order valence-electron chi connectivity index (χ0n) is 7.00. The molecule has 1 rings (SSSR count). The highest BCUT2D eigenvalue weighted by molar-refractivity contribution is 9.10. The molecule has 1 unspecified atom stereocenters. The highest BCUT2D eigenvalue weighted by atomic mass is 79.9. The lowest BCUT2D eigenvalue weighted by Crippen LogP contribution is -2.09.